The van der Waals surface area contributed by atoms with E-state index in [2.05, 4.69) is 26.1 Å². The van der Waals surface area contributed by atoms with Crippen LogP contribution in [-0.2, 0) is 0 Å². The van der Waals surface area contributed by atoms with Crippen LogP contribution in [0.2, 0.25) is 10.0 Å². The zero-order valence-corrected chi connectivity index (χ0v) is 11.4. The molecule has 0 saturated carbocycles. The Kier molecular flexibility index (Phi) is 4.90. The summed E-state index contributed by atoms with van der Waals surface area (Å²) in [4.78, 5) is 0. The van der Waals surface area contributed by atoms with Crippen LogP contribution in [0, 0.1) is 0 Å². The highest BCUT2D eigenvalue weighted by molar-refractivity contribution is 6.42. The van der Waals surface area contributed by atoms with Gasteiger partial charge in [-0.2, -0.15) is 0 Å². The lowest BCUT2D eigenvalue weighted by Crippen LogP contribution is -2.95. The van der Waals surface area contributed by atoms with Crippen LogP contribution < -0.4 is 10.1 Å². The van der Waals surface area contributed by atoms with Gasteiger partial charge in [0.2, 0.25) is 0 Å². The summed E-state index contributed by atoms with van der Waals surface area (Å²) in [6.45, 7) is 8.10. The van der Waals surface area contributed by atoms with Gasteiger partial charge in [-0.15, -0.1) is 0 Å². The molecule has 0 fully saturated rings. The molecule has 4 heteroatoms. The van der Waals surface area contributed by atoms with Crippen molar-refractivity contribution in [1.82, 2.24) is 0 Å². The zero-order chi connectivity index (χ0) is 12.2. The number of hydrogen-bond donors (Lipinski definition) is 1. The molecule has 1 aromatic rings. The van der Waals surface area contributed by atoms with Crippen LogP contribution in [-0.4, -0.2) is 18.7 Å². The number of benzene rings is 1. The van der Waals surface area contributed by atoms with E-state index in [0.717, 1.165) is 12.3 Å². The number of hydrogen-bond acceptors (Lipinski definition) is 1. The SMILES string of the molecule is CC(C)(C)[NH2+]CCOc1ccc(Cl)c(Cl)c1. The molecule has 0 heterocycles. The monoisotopic (exact) mass is 262 g/mol. The number of ether oxygens (including phenoxy) is 1. The highest BCUT2D eigenvalue weighted by Gasteiger charge is 2.11. The predicted octanol–water partition coefficient (Wildman–Crippen LogP) is 2.73. The summed E-state index contributed by atoms with van der Waals surface area (Å²) in [5, 5.41) is 3.32. The van der Waals surface area contributed by atoms with Gasteiger partial charge in [-0.1, -0.05) is 23.2 Å². The van der Waals surface area contributed by atoms with E-state index in [9.17, 15) is 0 Å². The molecule has 1 aromatic carbocycles. The van der Waals surface area contributed by atoms with Crippen molar-refractivity contribution in [3.63, 3.8) is 0 Å². The minimum atomic E-state index is 0.237. The largest absolute Gasteiger partial charge is 0.488 e. The molecule has 0 amide bonds. The lowest BCUT2D eigenvalue weighted by molar-refractivity contribution is -0.717. The Morgan fingerprint density at radius 2 is 1.88 bits per heavy atom. The molecule has 90 valence electrons. The molecule has 0 aliphatic rings. The van der Waals surface area contributed by atoms with Gasteiger partial charge in [0.15, 0.2) is 0 Å². The molecule has 2 N–H and O–H groups in total. The lowest BCUT2D eigenvalue weighted by Gasteiger charge is -2.16. The van der Waals surface area contributed by atoms with Crippen LogP contribution in [0.1, 0.15) is 20.8 Å². The predicted molar refractivity (Wildman–Crippen MR) is 68.5 cm³/mol. The van der Waals surface area contributed by atoms with Gasteiger partial charge in [-0.25, -0.2) is 0 Å². The van der Waals surface area contributed by atoms with Crippen molar-refractivity contribution < 1.29 is 10.1 Å². The molecule has 0 aliphatic heterocycles. The van der Waals surface area contributed by atoms with E-state index >= 15 is 0 Å². The third-order valence-electron chi connectivity index (χ3n) is 2.03. The molecule has 0 spiro atoms. The van der Waals surface area contributed by atoms with Crippen LogP contribution in [0.5, 0.6) is 5.75 Å². The first-order valence-corrected chi connectivity index (χ1v) is 6.06. The molecular weight excluding hydrogens is 245 g/mol. The topological polar surface area (TPSA) is 25.8 Å². The van der Waals surface area contributed by atoms with Gasteiger partial charge in [0.25, 0.3) is 0 Å². The highest BCUT2D eigenvalue weighted by Crippen LogP contribution is 2.26. The third-order valence-corrected chi connectivity index (χ3v) is 2.77. The normalized spacial score (nSPS) is 11.6. The zero-order valence-electron chi connectivity index (χ0n) is 9.89. The number of rotatable bonds is 4. The van der Waals surface area contributed by atoms with E-state index in [1.165, 1.54) is 0 Å². The summed E-state index contributed by atoms with van der Waals surface area (Å²) in [5.41, 5.74) is 0.237. The van der Waals surface area contributed by atoms with E-state index in [-0.39, 0.29) is 5.54 Å². The molecule has 0 saturated heterocycles. The number of halogens is 2. The Bertz CT molecular complexity index is 347. The summed E-state index contributed by atoms with van der Waals surface area (Å²) in [5.74, 6) is 0.761. The maximum Gasteiger partial charge on any atom is 0.137 e. The van der Waals surface area contributed by atoms with E-state index in [4.69, 9.17) is 27.9 Å². The van der Waals surface area contributed by atoms with Gasteiger partial charge in [0.05, 0.1) is 15.6 Å². The Balaban J connectivity index is 2.35. The fourth-order valence-corrected chi connectivity index (χ4v) is 1.52. The molecule has 0 aromatic heterocycles. The first-order chi connectivity index (χ1) is 7.38. The second kappa shape index (κ2) is 5.76. The van der Waals surface area contributed by atoms with Crippen molar-refractivity contribution in [3.05, 3.63) is 28.2 Å². The number of nitrogens with two attached hydrogens (primary N) is 1. The van der Waals surface area contributed by atoms with Crippen LogP contribution in [0.3, 0.4) is 0 Å². The quantitative estimate of drug-likeness (QED) is 0.830. The molecule has 0 atom stereocenters. The minimum absolute atomic E-state index is 0.237. The van der Waals surface area contributed by atoms with E-state index in [1.807, 2.05) is 6.07 Å². The maximum atomic E-state index is 5.88. The van der Waals surface area contributed by atoms with E-state index < -0.39 is 0 Å². The summed E-state index contributed by atoms with van der Waals surface area (Å²) in [6, 6.07) is 5.30. The Morgan fingerprint density at radius 1 is 1.19 bits per heavy atom. The van der Waals surface area contributed by atoms with Crippen LogP contribution in [0.25, 0.3) is 0 Å². The van der Waals surface area contributed by atoms with Gasteiger partial charge < -0.3 is 10.1 Å². The van der Waals surface area contributed by atoms with Gasteiger partial charge in [-0.05, 0) is 32.9 Å². The van der Waals surface area contributed by atoms with Crippen LogP contribution >= 0.6 is 23.2 Å². The standard InChI is InChI=1S/C12H17Cl2NO/c1-12(2,3)15-6-7-16-9-4-5-10(13)11(14)8-9/h4-5,8,15H,6-7H2,1-3H3/p+1. The van der Waals surface area contributed by atoms with E-state index in [1.54, 1.807) is 12.1 Å². The fraction of sp³-hybridized carbons (Fsp3) is 0.500. The van der Waals surface area contributed by atoms with Gasteiger partial charge >= 0.3 is 0 Å². The molecule has 2 nitrogen and oxygen atoms in total. The Hall–Kier alpha value is -0.440. The smallest absolute Gasteiger partial charge is 0.137 e. The first-order valence-electron chi connectivity index (χ1n) is 5.31. The summed E-state index contributed by atoms with van der Waals surface area (Å²) in [6.07, 6.45) is 0. The lowest BCUT2D eigenvalue weighted by atomic mass is 10.1. The third kappa shape index (κ3) is 5.06. The second-order valence-electron chi connectivity index (χ2n) is 4.78. The Labute approximate surface area is 107 Å². The maximum absolute atomic E-state index is 5.88. The Morgan fingerprint density at radius 3 is 2.44 bits per heavy atom. The van der Waals surface area contributed by atoms with Crippen molar-refractivity contribution in [2.75, 3.05) is 13.2 Å². The summed E-state index contributed by atoms with van der Waals surface area (Å²) >= 11 is 11.7. The fourth-order valence-electron chi connectivity index (χ4n) is 1.24. The summed E-state index contributed by atoms with van der Waals surface area (Å²) in [7, 11) is 0. The second-order valence-corrected chi connectivity index (χ2v) is 5.60. The van der Waals surface area contributed by atoms with Gasteiger partial charge in [-0.3, -0.25) is 0 Å². The van der Waals surface area contributed by atoms with Crippen LogP contribution in [0.4, 0.5) is 0 Å². The molecule has 1 rings (SSSR count). The molecule has 0 unspecified atom stereocenters. The average Bonchev–Trinajstić information content (AvgIpc) is 2.17. The summed E-state index contributed by atoms with van der Waals surface area (Å²) < 4.78 is 5.56. The van der Waals surface area contributed by atoms with Crippen molar-refractivity contribution in [2.45, 2.75) is 26.3 Å². The van der Waals surface area contributed by atoms with Crippen molar-refractivity contribution in [2.24, 2.45) is 0 Å². The van der Waals surface area contributed by atoms with Crippen molar-refractivity contribution in [3.8, 4) is 5.75 Å². The van der Waals surface area contributed by atoms with Gasteiger partial charge in [0, 0.05) is 6.07 Å². The van der Waals surface area contributed by atoms with Crippen molar-refractivity contribution in [1.29, 1.82) is 0 Å². The first kappa shape index (κ1) is 13.6. The molecule has 16 heavy (non-hydrogen) atoms. The van der Waals surface area contributed by atoms with Gasteiger partial charge in [0.1, 0.15) is 18.9 Å². The highest BCUT2D eigenvalue weighted by atomic mass is 35.5. The molecule has 0 bridgehead atoms. The average molecular weight is 263 g/mol. The molecule has 0 radical (unpaired) electrons. The van der Waals surface area contributed by atoms with Crippen molar-refractivity contribution >= 4 is 23.2 Å². The molecular formula is C12H18Cl2NO+. The number of quaternary nitrogens is 1. The minimum Gasteiger partial charge on any atom is -0.488 e. The van der Waals surface area contributed by atoms with Crippen LogP contribution in [0.15, 0.2) is 18.2 Å². The molecule has 0 aliphatic carbocycles. The van der Waals surface area contributed by atoms with E-state index in [0.29, 0.717) is 16.7 Å².